The summed E-state index contributed by atoms with van der Waals surface area (Å²) in [6.07, 6.45) is 23.1. The van der Waals surface area contributed by atoms with Crippen LogP contribution in [0.3, 0.4) is 0 Å². The summed E-state index contributed by atoms with van der Waals surface area (Å²) in [6.45, 7) is 5.02. The van der Waals surface area contributed by atoms with Crippen LogP contribution in [0.2, 0.25) is 0 Å². The number of allylic oxidation sites excluding steroid dienone is 2. The molecule has 232 valence electrons. The predicted molar refractivity (Wildman–Crippen MR) is 160 cm³/mol. The maximum Gasteiger partial charge on any atom is 0.472 e. The Morgan fingerprint density at radius 3 is 1.85 bits per heavy atom. The highest BCUT2D eigenvalue weighted by atomic mass is 31.2. The minimum atomic E-state index is -4.22. The second-order valence-corrected chi connectivity index (χ2v) is 12.9. The van der Waals surface area contributed by atoms with Crippen LogP contribution in [-0.4, -0.2) is 75.6 Å². The second-order valence-electron chi connectivity index (χ2n) is 11.4. The number of carbonyl (C=O) groups excluding carboxylic acids is 1. The summed E-state index contributed by atoms with van der Waals surface area (Å²) < 4.78 is 33.8. The molecule has 8 nitrogen and oxygen atoms in total. The molecule has 1 N–H and O–H groups in total. The number of ether oxygens (including phenoxy) is 2. The standard InChI is InChI=1S/C30H60NO7P/c1-6-8-9-10-11-12-13-14-15-16-17-18-19-20-21-22-23-25-35-27-29(38-30(32)7-2)28-37-39(33,34)36-26-24-31(3,4)5/h15-16,29H,6-14,17-28H2,1-5H3/p+1/b16-15-. The smallest absolute Gasteiger partial charge is 0.457 e. The van der Waals surface area contributed by atoms with Gasteiger partial charge in [0.1, 0.15) is 19.3 Å². The molecule has 0 heterocycles. The molecular weight excluding hydrogens is 517 g/mol. The minimum absolute atomic E-state index is 0.0865. The van der Waals surface area contributed by atoms with E-state index in [1.165, 1.54) is 83.5 Å². The summed E-state index contributed by atoms with van der Waals surface area (Å²) in [5.41, 5.74) is 0. The fourth-order valence-corrected chi connectivity index (χ4v) is 4.61. The third kappa shape index (κ3) is 28.6. The Kier molecular flexibility index (Phi) is 24.5. The van der Waals surface area contributed by atoms with Gasteiger partial charge in [0.25, 0.3) is 0 Å². The van der Waals surface area contributed by atoms with Crippen LogP contribution in [0.4, 0.5) is 0 Å². The molecule has 9 heteroatoms. The quantitative estimate of drug-likeness (QED) is 0.0336. The average Bonchev–Trinajstić information content (AvgIpc) is 2.87. The Balaban J connectivity index is 3.84. The van der Waals surface area contributed by atoms with Crippen LogP contribution < -0.4 is 0 Å². The molecule has 0 aliphatic rings. The predicted octanol–water partition coefficient (Wildman–Crippen LogP) is 7.59. The Bertz CT molecular complexity index is 652. The van der Waals surface area contributed by atoms with Gasteiger partial charge >= 0.3 is 13.8 Å². The molecule has 0 aromatic heterocycles. The summed E-state index contributed by atoms with van der Waals surface area (Å²) in [5, 5.41) is 0. The van der Waals surface area contributed by atoms with Crippen molar-refractivity contribution in [1.29, 1.82) is 0 Å². The third-order valence-electron chi connectivity index (χ3n) is 6.38. The lowest BCUT2D eigenvalue weighted by Crippen LogP contribution is -2.37. The Hall–Kier alpha value is -0.760. The molecule has 0 rings (SSSR count). The number of rotatable bonds is 28. The van der Waals surface area contributed by atoms with E-state index in [1.54, 1.807) is 6.92 Å². The summed E-state index contributed by atoms with van der Waals surface area (Å²) in [5.74, 6) is -0.404. The number of esters is 1. The molecule has 0 amide bonds. The molecule has 2 unspecified atom stereocenters. The maximum absolute atomic E-state index is 12.1. The molecule has 0 aliphatic heterocycles. The van der Waals surface area contributed by atoms with Gasteiger partial charge in [-0.15, -0.1) is 0 Å². The number of nitrogens with zero attached hydrogens (tertiary/aromatic N) is 1. The van der Waals surface area contributed by atoms with Gasteiger partial charge in [-0.25, -0.2) is 4.57 Å². The summed E-state index contributed by atoms with van der Waals surface area (Å²) in [7, 11) is 1.66. The molecule has 0 aromatic carbocycles. The van der Waals surface area contributed by atoms with Crippen LogP contribution in [0.1, 0.15) is 117 Å². The molecule has 39 heavy (non-hydrogen) atoms. The third-order valence-corrected chi connectivity index (χ3v) is 7.37. The zero-order valence-electron chi connectivity index (χ0n) is 25.9. The van der Waals surface area contributed by atoms with E-state index in [0.717, 1.165) is 12.8 Å². The highest BCUT2D eigenvalue weighted by molar-refractivity contribution is 7.47. The number of likely N-dealkylation sites (N-methyl/N-ethyl adjacent to an activating group) is 1. The van der Waals surface area contributed by atoms with Crippen molar-refractivity contribution in [2.24, 2.45) is 0 Å². The van der Waals surface area contributed by atoms with E-state index in [9.17, 15) is 14.3 Å². The Labute approximate surface area is 240 Å². The van der Waals surface area contributed by atoms with E-state index in [2.05, 4.69) is 19.1 Å². The van der Waals surface area contributed by atoms with E-state index in [1.807, 2.05) is 21.1 Å². The number of hydrogen-bond acceptors (Lipinski definition) is 6. The summed E-state index contributed by atoms with van der Waals surface area (Å²) in [6, 6.07) is 0. The van der Waals surface area contributed by atoms with Gasteiger partial charge in [0.2, 0.25) is 0 Å². The Morgan fingerprint density at radius 1 is 0.769 bits per heavy atom. The van der Waals surface area contributed by atoms with Gasteiger partial charge in [0.05, 0.1) is 34.4 Å². The van der Waals surface area contributed by atoms with Gasteiger partial charge in [0, 0.05) is 13.0 Å². The lowest BCUT2D eigenvalue weighted by Gasteiger charge is -2.24. The van der Waals surface area contributed by atoms with Gasteiger partial charge in [-0.3, -0.25) is 13.8 Å². The van der Waals surface area contributed by atoms with Crippen LogP contribution in [-0.2, 0) is 27.9 Å². The molecule has 0 radical (unpaired) electrons. The Morgan fingerprint density at radius 2 is 1.31 bits per heavy atom. The van der Waals surface area contributed by atoms with Crippen molar-refractivity contribution in [2.75, 3.05) is 54.1 Å². The lowest BCUT2D eigenvalue weighted by atomic mass is 10.1. The fraction of sp³-hybridized carbons (Fsp3) is 0.900. The van der Waals surface area contributed by atoms with Crippen LogP contribution in [0.15, 0.2) is 12.2 Å². The maximum atomic E-state index is 12.1. The molecule has 0 fully saturated rings. The van der Waals surface area contributed by atoms with Gasteiger partial charge in [-0.2, -0.15) is 0 Å². The van der Waals surface area contributed by atoms with Crippen LogP contribution in [0, 0.1) is 0 Å². The number of quaternary nitrogens is 1. The second kappa shape index (κ2) is 25.0. The first-order chi connectivity index (χ1) is 18.6. The normalized spacial score (nSPS) is 14.5. The first kappa shape index (κ1) is 38.2. The molecule has 2 atom stereocenters. The van der Waals surface area contributed by atoms with E-state index < -0.39 is 19.9 Å². The monoisotopic (exact) mass is 578 g/mol. The van der Waals surface area contributed by atoms with E-state index in [-0.39, 0.29) is 26.2 Å². The number of carbonyl (C=O) groups is 1. The highest BCUT2D eigenvalue weighted by Gasteiger charge is 2.26. The van der Waals surface area contributed by atoms with Crippen molar-refractivity contribution >= 4 is 13.8 Å². The first-order valence-corrected chi connectivity index (χ1v) is 16.9. The topological polar surface area (TPSA) is 91.3 Å². The molecule has 0 bridgehead atoms. The van der Waals surface area contributed by atoms with E-state index >= 15 is 0 Å². The zero-order chi connectivity index (χ0) is 29.2. The van der Waals surface area contributed by atoms with Crippen molar-refractivity contribution in [3.63, 3.8) is 0 Å². The van der Waals surface area contributed by atoms with Crippen molar-refractivity contribution in [3.05, 3.63) is 12.2 Å². The van der Waals surface area contributed by atoms with Crippen molar-refractivity contribution in [2.45, 2.75) is 123 Å². The summed E-state index contributed by atoms with van der Waals surface area (Å²) in [4.78, 5) is 21.6. The van der Waals surface area contributed by atoms with E-state index in [4.69, 9.17) is 18.5 Å². The fourth-order valence-electron chi connectivity index (χ4n) is 3.87. The average molecular weight is 579 g/mol. The van der Waals surface area contributed by atoms with Gasteiger partial charge in [0.15, 0.2) is 0 Å². The van der Waals surface area contributed by atoms with Gasteiger partial charge in [-0.05, 0) is 32.1 Å². The molecule has 0 aromatic rings. The number of unbranched alkanes of at least 4 members (excludes halogenated alkanes) is 13. The first-order valence-electron chi connectivity index (χ1n) is 15.4. The van der Waals surface area contributed by atoms with E-state index in [0.29, 0.717) is 17.6 Å². The zero-order valence-corrected chi connectivity index (χ0v) is 26.8. The molecule has 0 saturated carbocycles. The summed E-state index contributed by atoms with van der Waals surface area (Å²) >= 11 is 0. The van der Waals surface area contributed by atoms with Crippen LogP contribution in [0.25, 0.3) is 0 Å². The SMILES string of the molecule is CCCCCCCCC/C=C\CCCCCCCCOCC(COP(=O)(O)OCC[N+](C)(C)C)OC(=O)CC. The van der Waals surface area contributed by atoms with Crippen molar-refractivity contribution in [3.8, 4) is 0 Å². The van der Waals surface area contributed by atoms with Crippen molar-refractivity contribution < 1.29 is 37.3 Å². The molecule has 0 aliphatic carbocycles. The highest BCUT2D eigenvalue weighted by Crippen LogP contribution is 2.43. The van der Waals surface area contributed by atoms with Gasteiger partial charge in [-0.1, -0.05) is 90.2 Å². The lowest BCUT2D eigenvalue weighted by molar-refractivity contribution is -0.870. The van der Waals surface area contributed by atoms with Crippen LogP contribution in [0.5, 0.6) is 0 Å². The molecule has 0 spiro atoms. The van der Waals surface area contributed by atoms with Crippen molar-refractivity contribution in [1.82, 2.24) is 0 Å². The number of phosphoric ester groups is 1. The molecular formula is C30H61NO7P+. The minimum Gasteiger partial charge on any atom is -0.457 e. The number of hydrogen-bond donors (Lipinski definition) is 1. The number of phosphoric acid groups is 1. The van der Waals surface area contributed by atoms with Crippen LogP contribution >= 0.6 is 7.82 Å². The largest absolute Gasteiger partial charge is 0.472 e. The molecule has 0 saturated heterocycles. The van der Waals surface area contributed by atoms with Gasteiger partial charge < -0.3 is 18.9 Å².